The molecule has 0 bridgehead atoms. The van der Waals surface area contributed by atoms with Crippen molar-refractivity contribution in [2.45, 2.75) is 50.7 Å². The molecule has 28 heteroatoms. The topological polar surface area (TPSA) is 279 Å². The number of hydrogen-bond donors (Lipinski definition) is 4. The van der Waals surface area contributed by atoms with Gasteiger partial charge in [-0.05, 0) is 57.0 Å². The number of rotatable bonds is 12. The Kier molecular flexibility index (Phi) is 17.3. The molecule has 0 radical (unpaired) electrons. The van der Waals surface area contributed by atoms with Gasteiger partial charge in [-0.3, -0.25) is 23.4 Å². The summed E-state index contributed by atoms with van der Waals surface area (Å²) in [5.74, 6) is -1.54. The zero-order valence-corrected chi connectivity index (χ0v) is 37.9. The Labute approximate surface area is 370 Å². The molecule has 0 aliphatic rings. The summed E-state index contributed by atoms with van der Waals surface area (Å²) >= 11 is 18.1. The second-order valence-electron chi connectivity index (χ2n) is 13.3. The maximum atomic E-state index is 12.9. The number of hydrogen-bond acceptors (Lipinski definition) is 14. The summed E-state index contributed by atoms with van der Waals surface area (Å²) in [7, 11) is -3.58. The second kappa shape index (κ2) is 21.0. The highest BCUT2D eigenvalue weighted by Gasteiger charge is 2.35. The van der Waals surface area contributed by atoms with Gasteiger partial charge in [0.05, 0.1) is 58.4 Å². The molecular formula is C35H39Cl3F3N8O12PS. The number of nitrogens with one attached hydrogen (secondary N) is 1. The lowest BCUT2D eigenvalue weighted by molar-refractivity contribution is -0.144. The SMILES string of the molecule is CC(C)OC(=O)c1cc(-n2c(=O)cc(C(F)(F)F)n(C)c2=O)ccc1Cl.COc1cc(OC)n2nc(S(=O)(=O)Nc3c(Cl)ccc(C)c3Cl)nc2n1.CP(=O)(O)CCC(N)C(=O)O. The fourth-order valence-corrected chi connectivity index (χ4v) is 7.31. The second-order valence-corrected chi connectivity index (χ2v) is 18.6. The van der Waals surface area contributed by atoms with E-state index in [0.717, 1.165) is 17.6 Å². The number of halogens is 6. The Balaban J connectivity index is 0.000000273. The molecule has 0 aliphatic heterocycles. The van der Waals surface area contributed by atoms with Crippen LogP contribution in [0.3, 0.4) is 0 Å². The van der Waals surface area contributed by atoms with Crippen LogP contribution >= 0.6 is 42.2 Å². The highest BCUT2D eigenvalue weighted by molar-refractivity contribution is 7.92. The Bertz CT molecular complexity index is 2800. The number of esters is 1. The first-order valence-electron chi connectivity index (χ1n) is 17.5. The first kappa shape index (κ1) is 52.1. The summed E-state index contributed by atoms with van der Waals surface area (Å²) in [6.07, 6.45) is -5.30. The van der Waals surface area contributed by atoms with Crippen LogP contribution in [0.15, 0.2) is 57.2 Å². The number of aliphatic carboxylic acids is 1. The molecule has 0 spiro atoms. The molecule has 0 fully saturated rings. The Morgan fingerprint density at radius 2 is 1.63 bits per heavy atom. The van der Waals surface area contributed by atoms with Gasteiger partial charge in [0, 0.05) is 25.9 Å². The lowest BCUT2D eigenvalue weighted by atomic mass is 10.2. The van der Waals surface area contributed by atoms with Crippen LogP contribution in [0, 0.1) is 6.92 Å². The molecule has 63 heavy (non-hydrogen) atoms. The van der Waals surface area contributed by atoms with E-state index < -0.39 is 69.8 Å². The smallest absolute Gasteiger partial charge is 0.431 e. The number of carbonyl (C=O) groups is 2. The van der Waals surface area contributed by atoms with Crippen molar-refractivity contribution in [1.29, 1.82) is 0 Å². The number of nitrogens with zero attached hydrogens (tertiary/aromatic N) is 6. The number of anilines is 1. The lowest BCUT2D eigenvalue weighted by Gasteiger charge is -2.15. The van der Waals surface area contributed by atoms with Crippen molar-refractivity contribution in [2.75, 3.05) is 31.8 Å². The maximum absolute atomic E-state index is 12.9. The van der Waals surface area contributed by atoms with Crippen molar-refractivity contribution in [3.8, 4) is 17.4 Å². The van der Waals surface area contributed by atoms with E-state index in [1.165, 1.54) is 45.1 Å². The number of aryl methyl sites for hydroxylation is 1. The van der Waals surface area contributed by atoms with E-state index in [1.54, 1.807) is 26.8 Å². The van der Waals surface area contributed by atoms with E-state index in [-0.39, 0.29) is 62.1 Å². The van der Waals surface area contributed by atoms with E-state index in [1.807, 2.05) is 0 Å². The van der Waals surface area contributed by atoms with E-state index in [4.69, 9.17) is 64.7 Å². The van der Waals surface area contributed by atoms with Crippen molar-refractivity contribution in [3.05, 3.63) is 95.2 Å². The fraction of sp³-hybridized carbons (Fsp3) is 0.343. The van der Waals surface area contributed by atoms with Gasteiger partial charge in [0.1, 0.15) is 11.7 Å². The van der Waals surface area contributed by atoms with E-state index >= 15 is 0 Å². The normalized spacial score (nSPS) is 12.9. The van der Waals surface area contributed by atoms with Gasteiger partial charge in [-0.15, -0.1) is 5.10 Å². The van der Waals surface area contributed by atoms with Crippen molar-refractivity contribution in [2.24, 2.45) is 12.8 Å². The third-order valence-electron chi connectivity index (χ3n) is 7.97. The van der Waals surface area contributed by atoms with E-state index in [0.29, 0.717) is 20.8 Å². The molecule has 2 atom stereocenters. The minimum absolute atomic E-state index is 0.0104. The van der Waals surface area contributed by atoms with Crippen LogP contribution in [-0.2, 0) is 37.3 Å². The molecule has 0 saturated carbocycles. The van der Waals surface area contributed by atoms with Gasteiger partial charge >= 0.3 is 23.8 Å². The number of fused-ring (bicyclic) bond motifs is 1. The average molecular weight is 990 g/mol. The van der Waals surface area contributed by atoms with Gasteiger partial charge in [0.25, 0.3) is 26.5 Å². The number of aromatic nitrogens is 6. The van der Waals surface area contributed by atoms with Crippen molar-refractivity contribution in [1.82, 2.24) is 28.7 Å². The van der Waals surface area contributed by atoms with Gasteiger partial charge in [0.2, 0.25) is 11.8 Å². The number of benzene rings is 2. The largest absolute Gasteiger partial charge is 0.481 e. The van der Waals surface area contributed by atoms with Crippen molar-refractivity contribution >= 4 is 75.6 Å². The molecule has 5 rings (SSSR count). The highest BCUT2D eigenvalue weighted by atomic mass is 35.5. The average Bonchev–Trinajstić information content (AvgIpc) is 3.64. The Hall–Kier alpha value is -5.23. The predicted octanol–water partition coefficient (Wildman–Crippen LogP) is 5.02. The predicted molar refractivity (Wildman–Crippen MR) is 225 cm³/mol. The zero-order chi connectivity index (χ0) is 47.9. The molecule has 344 valence electrons. The van der Waals surface area contributed by atoms with Gasteiger partial charge in [0.15, 0.2) is 7.37 Å². The van der Waals surface area contributed by atoms with Crippen LogP contribution in [0.1, 0.15) is 41.9 Å². The zero-order valence-electron chi connectivity index (χ0n) is 34.0. The number of ether oxygens (including phenoxy) is 3. The van der Waals surface area contributed by atoms with Gasteiger partial charge in [-0.2, -0.15) is 36.1 Å². The molecule has 2 unspecified atom stereocenters. The van der Waals surface area contributed by atoms with Gasteiger partial charge in [-0.1, -0.05) is 40.9 Å². The fourth-order valence-electron chi connectivity index (χ4n) is 4.82. The molecular weight excluding hydrogens is 951 g/mol. The minimum Gasteiger partial charge on any atom is -0.481 e. The lowest BCUT2D eigenvalue weighted by Crippen LogP contribution is -2.40. The summed E-state index contributed by atoms with van der Waals surface area (Å²) in [6, 6.07) is 7.53. The first-order valence-corrected chi connectivity index (χ1v) is 22.5. The number of carboxylic acid groups (broad SMARTS) is 1. The van der Waals surface area contributed by atoms with Crippen molar-refractivity contribution < 1.29 is 60.0 Å². The molecule has 0 aliphatic carbocycles. The standard InChI is InChI=1S/C16H14ClF3N2O4.C14H13Cl2N5O4S.C5H12NO4P/c1-8(2)26-14(24)10-6-9(4-5-11(10)17)22-13(23)7-12(16(18,19)20)21(3)15(22)25;1-7-4-5-8(15)12(11(7)16)20-26(22,23)14-18-13-17-9(24-2)6-10(25-3)21(13)19-14;1-11(9,10)3-2-4(6)5(7)8/h4-8H,1-3H3;4-6,20H,1-3H3;4H,2-3,6H2,1H3,(H,7,8)(H,9,10). The summed E-state index contributed by atoms with van der Waals surface area (Å²) in [4.78, 5) is 63.3. The van der Waals surface area contributed by atoms with Crippen LogP contribution < -0.4 is 31.2 Å². The summed E-state index contributed by atoms with van der Waals surface area (Å²) in [5, 5.41) is 12.0. The molecule has 0 saturated heterocycles. The van der Waals surface area contributed by atoms with E-state index in [2.05, 4.69) is 19.8 Å². The molecule has 3 heterocycles. The Morgan fingerprint density at radius 3 is 2.17 bits per heavy atom. The van der Waals surface area contributed by atoms with Gasteiger partial charge in [-0.25, -0.2) is 14.2 Å². The third-order valence-corrected chi connectivity index (χ3v) is 11.3. The number of alkyl halides is 3. The highest BCUT2D eigenvalue weighted by Crippen LogP contribution is 2.36. The summed E-state index contributed by atoms with van der Waals surface area (Å²) in [5.41, 5.74) is 1.79. The third kappa shape index (κ3) is 13.6. The number of carboxylic acids is 1. The Morgan fingerprint density at radius 1 is 1.02 bits per heavy atom. The molecule has 20 nitrogen and oxygen atoms in total. The molecule has 2 aromatic carbocycles. The monoisotopic (exact) mass is 988 g/mol. The minimum atomic E-state index is -4.86. The number of sulfonamides is 1. The number of carbonyl (C=O) groups excluding carboxylic acids is 1. The molecule has 5 aromatic rings. The molecule has 5 N–H and O–H groups in total. The van der Waals surface area contributed by atoms with Crippen LogP contribution in [-0.4, -0.2) is 98.3 Å². The first-order chi connectivity index (χ1) is 29.0. The van der Waals surface area contributed by atoms with Crippen LogP contribution in [0.2, 0.25) is 15.1 Å². The molecule has 0 amide bonds. The van der Waals surface area contributed by atoms with Crippen LogP contribution in [0.4, 0.5) is 18.9 Å². The van der Waals surface area contributed by atoms with Crippen LogP contribution in [0.5, 0.6) is 11.8 Å². The summed E-state index contributed by atoms with van der Waals surface area (Å²) < 4.78 is 94.2. The number of nitrogens with two attached hydrogens (primary N) is 1. The summed E-state index contributed by atoms with van der Waals surface area (Å²) in [6.45, 7) is 6.14. The number of methoxy groups -OCH3 is 2. The van der Waals surface area contributed by atoms with E-state index in [9.17, 15) is 45.3 Å². The molecule has 3 aromatic heterocycles. The van der Waals surface area contributed by atoms with Crippen molar-refractivity contribution in [3.63, 3.8) is 0 Å². The maximum Gasteiger partial charge on any atom is 0.431 e. The quantitative estimate of drug-likeness (QED) is 0.0943. The van der Waals surface area contributed by atoms with Crippen LogP contribution in [0.25, 0.3) is 11.5 Å². The van der Waals surface area contributed by atoms with Gasteiger partial charge < -0.3 is 29.9 Å².